The van der Waals surface area contributed by atoms with Crippen LogP contribution in [0.4, 0.5) is 5.69 Å². The van der Waals surface area contributed by atoms with Gasteiger partial charge in [-0.05, 0) is 25.1 Å². The average Bonchev–Trinajstić information content (AvgIpc) is 2.68. The van der Waals surface area contributed by atoms with E-state index in [1.165, 1.54) is 6.08 Å². The normalized spacial score (nSPS) is 10.7. The standard InChI is InChI=1S/C23H19NO2/c1-17-8-7-11-19(16-17)22(25)14-15-24-21-13-6-5-12-20(21)23(26)18-9-3-2-4-10-18/h2-16,24H,1H3. The molecule has 3 aromatic rings. The maximum Gasteiger partial charge on any atom is 0.195 e. The third-order valence-corrected chi connectivity index (χ3v) is 3.98. The number of hydrogen-bond donors (Lipinski definition) is 1. The Morgan fingerprint density at radius 1 is 0.808 bits per heavy atom. The molecule has 0 aromatic heterocycles. The summed E-state index contributed by atoms with van der Waals surface area (Å²) in [5, 5.41) is 3.06. The predicted molar refractivity (Wildman–Crippen MR) is 105 cm³/mol. The fourth-order valence-electron chi connectivity index (χ4n) is 2.65. The van der Waals surface area contributed by atoms with Crippen LogP contribution in [-0.4, -0.2) is 11.6 Å². The zero-order valence-electron chi connectivity index (χ0n) is 14.5. The van der Waals surface area contributed by atoms with E-state index in [-0.39, 0.29) is 11.6 Å². The SMILES string of the molecule is Cc1cccc(C(=O)C=CNc2ccccc2C(=O)c2ccccc2)c1. The molecule has 26 heavy (non-hydrogen) atoms. The highest BCUT2D eigenvalue weighted by Gasteiger charge is 2.12. The monoisotopic (exact) mass is 341 g/mol. The first-order valence-corrected chi connectivity index (χ1v) is 8.38. The molecule has 3 aromatic carbocycles. The van der Waals surface area contributed by atoms with Crippen LogP contribution in [0, 0.1) is 6.92 Å². The van der Waals surface area contributed by atoms with Crippen LogP contribution in [0.5, 0.6) is 0 Å². The fraction of sp³-hybridized carbons (Fsp3) is 0.0435. The van der Waals surface area contributed by atoms with Crippen molar-refractivity contribution in [1.82, 2.24) is 0 Å². The van der Waals surface area contributed by atoms with Crippen LogP contribution < -0.4 is 5.32 Å². The summed E-state index contributed by atoms with van der Waals surface area (Å²) in [7, 11) is 0. The van der Waals surface area contributed by atoms with Crippen LogP contribution >= 0.6 is 0 Å². The van der Waals surface area contributed by atoms with Gasteiger partial charge < -0.3 is 5.32 Å². The zero-order valence-corrected chi connectivity index (χ0v) is 14.5. The van der Waals surface area contributed by atoms with Gasteiger partial charge in [0, 0.05) is 34.7 Å². The van der Waals surface area contributed by atoms with E-state index in [0.29, 0.717) is 22.4 Å². The second-order valence-electron chi connectivity index (χ2n) is 5.95. The van der Waals surface area contributed by atoms with Crippen LogP contribution in [0.1, 0.15) is 31.8 Å². The number of para-hydroxylation sites is 1. The number of anilines is 1. The highest BCUT2D eigenvalue weighted by atomic mass is 16.1. The molecule has 3 heteroatoms. The van der Waals surface area contributed by atoms with Crippen molar-refractivity contribution >= 4 is 17.3 Å². The van der Waals surface area contributed by atoms with Crippen LogP contribution in [0.15, 0.2) is 91.1 Å². The number of ketones is 2. The highest BCUT2D eigenvalue weighted by Crippen LogP contribution is 2.19. The molecule has 0 bridgehead atoms. The first kappa shape index (κ1) is 17.4. The lowest BCUT2D eigenvalue weighted by molar-refractivity contribution is 0.103. The fourth-order valence-corrected chi connectivity index (χ4v) is 2.65. The Morgan fingerprint density at radius 2 is 1.50 bits per heavy atom. The third-order valence-electron chi connectivity index (χ3n) is 3.98. The van der Waals surface area contributed by atoms with Crippen molar-refractivity contribution in [1.29, 1.82) is 0 Å². The molecular weight excluding hydrogens is 322 g/mol. The van der Waals surface area contributed by atoms with Gasteiger partial charge in [-0.15, -0.1) is 0 Å². The lowest BCUT2D eigenvalue weighted by atomic mass is 10.0. The van der Waals surface area contributed by atoms with Crippen LogP contribution in [-0.2, 0) is 0 Å². The second kappa shape index (κ2) is 8.08. The predicted octanol–water partition coefficient (Wildman–Crippen LogP) is 5.03. The van der Waals surface area contributed by atoms with Crippen molar-refractivity contribution in [2.24, 2.45) is 0 Å². The summed E-state index contributed by atoms with van der Waals surface area (Å²) < 4.78 is 0. The maximum atomic E-state index is 12.7. The Bertz CT molecular complexity index is 959. The van der Waals surface area contributed by atoms with Gasteiger partial charge in [0.15, 0.2) is 11.6 Å². The first-order valence-electron chi connectivity index (χ1n) is 8.38. The minimum Gasteiger partial charge on any atom is -0.361 e. The van der Waals surface area contributed by atoms with Crippen molar-refractivity contribution in [3.05, 3.63) is 113 Å². The molecule has 0 spiro atoms. The molecule has 128 valence electrons. The van der Waals surface area contributed by atoms with Gasteiger partial charge in [0.25, 0.3) is 0 Å². The molecule has 0 aliphatic rings. The van der Waals surface area contributed by atoms with E-state index in [4.69, 9.17) is 0 Å². The molecule has 0 unspecified atom stereocenters. The summed E-state index contributed by atoms with van der Waals surface area (Å²) in [6, 6.07) is 23.8. The van der Waals surface area contributed by atoms with Crippen LogP contribution in [0.2, 0.25) is 0 Å². The second-order valence-corrected chi connectivity index (χ2v) is 5.95. The van der Waals surface area contributed by atoms with E-state index in [0.717, 1.165) is 5.56 Å². The molecule has 0 heterocycles. The summed E-state index contributed by atoms with van der Waals surface area (Å²) in [6.07, 6.45) is 3.04. The number of rotatable bonds is 6. The highest BCUT2D eigenvalue weighted by molar-refractivity contribution is 6.12. The summed E-state index contributed by atoms with van der Waals surface area (Å²) in [5.41, 5.74) is 3.52. The Hall–Kier alpha value is -3.46. The Kier molecular flexibility index (Phi) is 5.40. The molecule has 0 saturated carbocycles. The van der Waals surface area contributed by atoms with Crippen molar-refractivity contribution in [2.75, 3.05) is 5.32 Å². The molecule has 3 nitrogen and oxygen atoms in total. The molecule has 0 fully saturated rings. The Morgan fingerprint density at radius 3 is 2.27 bits per heavy atom. The van der Waals surface area contributed by atoms with Crippen molar-refractivity contribution in [3.63, 3.8) is 0 Å². The molecule has 0 aliphatic carbocycles. The van der Waals surface area contributed by atoms with Gasteiger partial charge in [-0.3, -0.25) is 9.59 Å². The van der Waals surface area contributed by atoms with Gasteiger partial charge in [-0.2, -0.15) is 0 Å². The molecule has 0 atom stereocenters. The Labute approximate surface area is 153 Å². The topological polar surface area (TPSA) is 46.2 Å². The molecular formula is C23H19NO2. The van der Waals surface area contributed by atoms with Crippen molar-refractivity contribution in [2.45, 2.75) is 6.92 Å². The molecule has 0 radical (unpaired) electrons. The minimum atomic E-state index is -0.0898. The summed E-state index contributed by atoms with van der Waals surface area (Å²) in [4.78, 5) is 24.9. The van der Waals surface area contributed by atoms with E-state index in [2.05, 4.69) is 5.32 Å². The largest absolute Gasteiger partial charge is 0.361 e. The summed E-state index contributed by atoms with van der Waals surface area (Å²) >= 11 is 0. The molecule has 0 amide bonds. The minimum absolute atomic E-state index is 0.0629. The number of carbonyl (C=O) groups excluding carboxylic acids is 2. The van der Waals surface area contributed by atoms with Crippen LogP contribution in [0.25, 0.3) is 0 Å². The van der Waals surface area contributed by atoms with Gasteiger partial charge in [-0.1, -0.05) is 66.2 Å². The first-order chi connectivity index (χ1) is 12.6. The van der Waals surface area contributed by atoms with Gasteiger partial charge in [0.05, 0.1) is 0 Å². The average molecular weight is 341 g/mol. The number of carbonyl (C=O) groups is 2. The number of hydrogen-bond acceptors (Lipinski definition) is 3. The molecule has 0 saturated heterocycles. The zero-order chi connectivity index (χ0) is 18.4. The quantitative estimate of drug-likeness (QED) is 0.505. The maximum absolute atomic E-state index is 12.7. The number of aryl methyl sites for hydroxylation is 1. The lowest BCUT2D eigenvalue weighted by Gasteiger charge is -2.08. The molecule has 0 aliphatic heterocycles. The molecule has 3 rings (SSSR count). The van der Waals surface area contributed by atoms with Gasteiger partial charge >= 0.3 is 0 Å². The van der Waals surface area contributed by atoms with E-state index in [1.54, 1.807) is 30.5 Å². The Balaban J connectivity index is 1.77. The van der Waals surface area contributed by atoms with Crippen molar-refractivity contribution < 1.29 is 9.59 Å². The van der Waals surface area contributed by atoms with Crippen molar-refractivity contribution in [3.8, 4) is 0 Å². The van der Waals surface area contributed by atoms with Gasteiger partial charge in [0.2, 0.25) is 0 Å². The van der Waals surface area contributed by atoms with E-state index < -0.39 is 0 Å². The summed E-state index contributed by atoms with van der Waals surface area (Å²) in [5.74, 6) is -0.153. The third kappa shape index (κ3) is 4.14. The number of nitrogens with one attached hydrogen (secondary N) is 1. The number of benzene rings is 3. The van der Waals surface area contributed by atoms with Gasteiger partial charge in [0.1, 0.15) is 0 Å². The van der Waals surface area contributed by atoms with E-state index in [1.807, 2.05) is 61.5 Å². The van der Waals surface area contributed by atoms with Gasteiger partial charge in [-0.25, -0.2) is 0 Å². The van der Waals surface area contributed by atoms with Crippen LogP contribution in [0.3, 0.4) is 0 Å². The smallest absolute Gasteiger partial charge is 0.195 e. The number of allylic oxidation sites excluding steroid dienone is 1. The summed E-state index contributed by atoms with van der Waals surface area (Å²) in [6.45, 7) is 1.95. The van der Waals surface area contributed by atoms with E-state index in [9.17, 15) is 9.59 Å². The van der Waals surface area contributed by atoms with E-state index >= 15 is 0 Å². The molecule has 1 N–H and O–H groups in total. The lowest BCUT2D eigenvalue weighted by Crippen LogP contribution is -2.05.